The molecule has 1 amide bonds. The van der Waals surface area contributed by atoms with Gasteiger partial charge >= 0.3 is 0 Å². The number of carbonyl (C=O) groups excluding carboxylic acids is 1. The van der Waals surface area contributed by atoms with Crippen molar-refractivity contribution in [3.05, 3.63) is 47.3 Å². The fourth-order valence-electron chi connectivity index (χ4n) is 3.22. The Labute approximate surface area is 187 Å². The largest absolute Gasteiger partial charge is 0.384 e. The van der Waals surface area contributed by atoms with Crippen LogP contribution in [0.5, 0.6) is 0 Å². The normalized spacial score (nSPS) is 11.6. The van der Waals surface area contributed by atoms with Crippen molar-refractivity contribution < 1.29 is 17.4 Å². The number of aromatic nitrogens is 1. The van der Waals surface area contributed by atoms with Crippen LogP contribution in [0.4, 0.5) is 5.69 Å². The van der Waals surface area contributed by atoms with Crippen LogP contribution in [-0.4, -0.2) is 56.7 Å². The van der Waals surface area contributed by atoms with Crippen molar-refractivity contribution in [1.29, 1.82) is 0 Å². The second-order valence-electron chi connectivity index (χ2n) is 7.05. The van der Waals surface area contributed by atoms with Gasteiger partial charge in [-0.2, -0.15) is 8.42 Å². The van der Waals surface area contributed by atoms with Crippen LogP contribution in [0.15, 0.2) is 41.8 Å². The number of anilines is 1. The molecule has 0 unspecified atom stereocenters. The summed E-state index contributed by atoms with van der Waals surface area (Å²) < 4.78 is 28.0. The van der Waals surface area contributed by atoms with Gasteiger partial charge in [0.05, 0.1) is 34.5 Å². The molecule has 0 aliphatic carbocycles. The average Bonchev–Trinajstić information content (AvgIpc) is 3.22. The monoisotopic (exact) mass is 461 g/mol. The molecule has 3 aromatic rings. The molecule has 166 valence electrons. The number of pyridine rings is 1. The van der Waals surface area contributed by atoms with E-state index in [1.165, 1.54) is 0 Å². The summed E-state index contributed by atoms with van der Waals surface area (Å²) in [5.74, 6) is 0.0245. The predicted octanol–water partition coefficient (Wildman–Crippen LogP) is 4.22. The molecule has 0 fully saturated rings. The maximum absolute atomic E-state index is 12.5. The molecule has 0 saturated carbocycles. The molecule has 0 aliphatic rings. The average molecular weight is 462 g/mol. The third kappa shape index (κ3) is 6.03. The first-order chi connectivity index (χ1) is 14.8. The molecule has 1 aromatic carbocycles. The number of carbonyl (C=O) groups is 1. The Bertz CT molecular complexity index is 1140. The van der Waals surface area contributed by atoms with E-state index in [9.17, 15) is 13.2 Å². The molecular formula is C22H27N3O4S2. The number of hydrogen-bond acceptors (Lipinski definition) is 7. The zero-order chi connectivity index (χ0) is 22.4. The minimum Gasteiger partial charge on any atom is -0.384 e. The molecule has 1 N–H and O–H groups in total. The van der Waals surface area contributed by atoms with Crippen LogP contribution in [0.3, 0.4) is 0 Å². The van der Waals surface area contributed by atoms with Crippen molar-refractivity contribution in [3.63, 3.8) is 0 Å². The zero-order valence-corrected chi connectivity index (χ0v) is 19.6. The third-order valence-corrected chi connectivity index (χ3v) is 6.36. The van der Waals surface area contributed by atoms with E-state index in [4.69, 9.17) is 9.17 Å². The highest BCUT2D eigenvalue weighted by atomic mass is 32.2. The van der Waals surface area contributed by atoms with Crippen LogP contribution in [-0.2, 0) is 14.3 Å². The van der Waals surface area contributed by atoms with Crippen LogP contribution in [0, 0.1) is 0 Å². The SMILES string of the molecule is CCN(CC)C(=O)c1ccc(-c2cc(NCCCOS(C)(=O)=O)c3sccc3n2)cc1. The first-order valence-electron chi connectivity index (χ1n) is 10.2. The molecular weight excluding hydrogens is 434 g/mol. The number of benzene rings is 1. The minimum absolute atomic E-state index is 0.0245. The summed E-state index contributed by atoms with van der Waals surface area (Å²) in [7, 11) is -3.42. The van der Waals surface area contributed by atoms with Crippen molar-refractivity contribution in [2.24, 2.45) is 0 Å². The molecule has 0 bridgehead atoms. The van der Waals surface area contributed by atoms with E-state index in [2.05, 4.69) is 5.32 Å². The highest BCUT2D eigenvalue weighted by Gasteiger charge is 2.13. The molecule has 9 heteroatoms. The topological polar surface area (TPSA) is 88.6 Å². The van der Waals surface area contributed by atoms with Crippen LogP contribution >= 0.6 is 11.3 Å². The molecule has 2 heterocycles. The van der Waals surface area contributed by atoms with Gasteiger partial charge < -0.3 is 10.2 Å². The maximum atomic E-state index is 12.5. The fourth-order valence-corrected chi connectivity index (χ4v) is 4.46. The molecule has 0 saturated heterocycles. The lowest BCUT2D eigenvalue weighted by molar-refractivity contribution is 0.0773. The molecule has 3 rings (SSSR count). The number of nitrogens with zero attached hydrogens (tertiary/aromatic N) is 2. The Hall–Kier alpha value is -2.49. The van der Waals surface area contributed by atoms with Crippen molar-refractivity contribution in [3.8, 4) is 11.3 Å². The number of amides is 1. The van der Waals surface area contributed by atoms with Gasteiger partial charge in [0, 0.05) is 30.8 Å². The summed E-state index contributed by atoms with van der Waals surface area (Å²) in [6.07, 6.45) is 1.60. The quantitative estimate of drug-likeness (QED) is 0.359. The van der Waals surface area contributed by atoms with Gasteiger partial charge in [0.15, 0.2) is 0 Å². The molecule has 7 nitrogen and oxygen atoms in total. The summed E-state index contributed by atoms with van der Waals surface area (Å²) in [5.41, 5.74) is 4.22. The Morgan fingerprint density at radius 1 is 1.16 bits per heavy atom. The predicted molar refractivity (Wildman–Crippen MR) is 126 cm³/mol. The van der Waals surface area contributed by atoms with Gasteiger partial charge in [0.25, 0.3) is 16.0 Å². The zero-order valence-electron chi connectivity index (χ0n) is 17.9. The van der Waals surface area contributed by atoms with E-state index in [1.807, 2.05) is 55.6 Å². The van der Waals surface area contributed by atoms with Crippen LogP contribution in [0.2, 0.25) is 0 Å². The first-order valence-corrected chi connectivity index (χ1v) is 12.9. The molecule has 31 heavy (non-hydrogen) atoms. The number of rotatable bonds is 10. The van der Waals surface area contributed by atoms with E-state index in [1.54, 1.807) is 16.2 Å². The summed E-state index contributed by atoms with van der Waals surface area (Å²) in [6, 6.07) is 11.5. The number of fused-ring (bicyclic) bond motifs is 1. The number of thiophene rings is 1. The van der Waals surface area contributed by atoms with E-state index >= 15 is 0 Å². The van der Waals surface area contributed by atoms with Crippen LogP contribution < -0.4 is 5.32 Å². The Kier molecular flexibility index (Phi) is 7.64. The van der Waals surface area contributed by atoms with Gasteiger partial charge in [0.1, 0.15) is 0 Å². The van der Waals surface area contributed by atoms with E-state index in [0.717, 1.165) is 33.4 Å². The van der Waals surface area contributed by atoms with Gasteiger partial charge in [-0.05, 0) is 49.9 Å². The van der Waals surface area contributed by atoms with Crippen LogP contribution in [0.1, 0.15) is 30.6 Å². The molecule has 0 spiro atoms. The van der Waals surface area contributed by atoms with E-state index in [-0.39, 0.29) is 12.5 Å². The lowest BCUT2D eigenvalue weighted by Crippen LogP contribution is -2.30. The van der Waals surface area contributed by atoms with Gasteiger partial charge in [-0.25, -0.2) is 4.98 Å². The smallest absolute Gasteiger partial charge is 0.264 e. The third-order valence-electron chi connectivity index (χ3n) is 4.82. The van der Waals surface area contributed by atoms with Crippen molar-refractivity contribution in [2.75, 3.05) is 37.8 Å². The number of nitrogens with one attached hydrogen (secondary N) is 1. The highest BCUT2D eigenvalue weighted by molar-refractivity contribution is 7.85. The molecule has 0 atom stereocenters. The fraction of sp³-hybridized carbons (Fsp3) is 0.364. The standard InChI is InChI=1S/C22H27N3O4S2/c1-4-25(5-2)22(26)17-9-7-16(8-10-17)19-15-20(21-18(24-19)11-14-30-21)23-12-6-13-29-31(3,27)28/h7-11,14-15H,4-6,12-13H2,1-3H3,(H,23,24). The number of hydrogen-bond donors (Lipinski definition) is 1. The lowest BCUT2D eigenvalue weighted by Gasteiger charge is -2.18. The van der Waals surface area contributed by atoms with Crippen molar-refractivity contribution in [1.82, 2.24) is 9.88 Å². The Morgan fingerprint density at radius 2 is 1.87 bits per heavy atom. The second-order valence-corrected chi connectivity index (χ2v) is 9.61. The lowest BCUT2D eigenvalue weighted by atomic mass is 10.1. The minimum atomic E-state index is -3.42. The van der Waals surface area contributed by atoms with Gasteiger partial charge in [-0.1, -0.05) is 12.1 Å². The maximum Gasteiger partial charge on any atom is 0.264 e. The van der Waals surface area contributed by atoms with Gasteiger partial charge in [-0.3, -0.25) is 8.98 Å². The highest BCUT2D eigenvalue weighted by Crippen LogP contribution is 2.32. The molecule has 0 radical (unpaired) electrons. The molecule has 2 aromatic heterocycles. The van der Waals surface area contributed by atoms with Crippen molar-refractivity contribution >= 4 is 43.3 Å². The van der Waals surface area contributed by atoms with Gasteiger partial charge in [-0.15, -0.1) is 11.3 Å². The van der Waals surface area contributed by atoms with Crippen LogP contribution in [0.25, 0.3) is 21.5 Å². The van der Waals surface area contributed by atoms with E-state index < -0.39 is 10.1 Å². The molecule has 0 aliphatic heterocycles. The van der Waals surface area contributed by atoms with E-state index in [0.29, 0.717) is 31.6 Å². The summed E-state index contributed by atoms with van der Waals surface area (Å²) in [4.78, 5) is 19.1. The Morgan fingerprint density at radius 3 is 2.52 bits per heavy atom. The van der Waals surface area contributed by atoms with Crippen molar-refractivity contribution in [2.45, 2.75) is 20.3 Å². The Balaban J connectivity index is 1.77. The summed E-state index contributed by atoms with van der Waals surface area (Å²) >= 11 is 1.60. The first kappa shape index (κ1) is 23.2. The second kappa shape index (κ2) is 10.2. The summed E-state index contributed by atoms with van der Waals surface area (Å²) in [5, 5.41) is 5.36. The van der Waals surface area contributed by atoms with Gasteiger partial charge in [0.2, 0.25) is 0 Å². The summed E-state index contributed by atoms with van der Waals surface area (Å²) in [6.45, 7) is 6.01.